The molecule has 2 atom stereocenters. The van der Waals surface area contributed by atoms with Crippen molar-refractivity contribution >= 4 is 33.6 Å². The Morgan fingerprint density at radius 3 is 2.65 bits per heavy atom. The third kappa shape index (κ3) is 4.85. The summed E-state index contributed by atoms with van der Waals surface area (Å²) in [7, 11) is 1.31. The molecule has 0 unspecified atom stereocenters. The highest BCUT2D eigenvalue weighted by atomic mass is 79.9. The quantitative estimate of drug-likeness (QED) is 0.807. The first-order valence-corrected chi connectivity index (χ1v) is 7.18. The summed E-state index contributed by atoms with van der Waals surface area (Å²) >= 11 is 3.33. The number of hydrogen-bond donors (Lipinski definition) is 2. The Morgan fingerprint density at radius 2 is 2.10 bits per heavy atom. The maximum Gasteiger partial charge on any atom is 0.328 e. The molecule has 0 saturated heterocycles. The lowest BCUT2D eigenvalue weighted by molar-refractivity contribution is -0.144. The van der Waals surface area contributed by atoms with Gasteiger partial charge in [0.2, 0.25) is 0 Å². The fraction of sp³-hybridized carbons (Fsp3) is 0.429. The molecule has 1 aromatic carbocycles. The minimum Gasteiger partial charge on any atom is -0.467 e. The van der Waals surface area contributed by atoms with Gasteiger partial charge in [0.25, 0.3) is 0 Å². The Balaban J connectivity index is 2.69. The second-order valence-corrected chi connectivity index (χ2v) is 5.41. The smallest absolute Gasteiger partial charge is 0.328 e. The zero-order chi connectivity index (χ0) is 15.1. The number of esters is 1. The number of carbonyl (C=O) groups excluding carboxylic acids is 2. The van der Waals surface area contributed by atoms with E-state index in [1.54, 1.807) is 12.1 Å². The summed E-state index contributed by atoms with van der Waals surface area (Å²) in [4.78, 5) is 23.6. The van der Waals surface area contributed by atoms with Gasteiger partial charge >= 0.3 is 12.0 Å². The Kier molecular flexibility index (Phi) is 6.51. The van der Waals surface area contributed by atoms with Crippen molar-refractivity contribution in [2.24, 2.45) is 5.92 Å². The number of methoxy groups -OCH3 is 1. The van der Waals surface area contributed by atoms with Crippen molar-refractivity contribution < 1.29 is 14.3 Å². The fourth-order valence-corrected chi connectivity index (χ4v) is 2.07. The molecule has 0 saturated carbocycles. The highest BCUT2D eigenvalue weighted by Gasteiger charge is 2.26. The van der Waals surface area contributed by atoms with Crippen LogP contribution >= 0.6 is 15.9 Å². The number of halogens is 1. The van der Waals surface area contributed by atoms with Crippen LogP contribution in [0.4, 0.5) is 10.5 Å². The van der Waals surface area contributed by atoms with Crippen LogP contribution in [0.25, 0.3) is 0 Å². The zero-order valence-corrected chi connectivity index (χ0v) is 13.4. The SMILES string of the molecule is CC[C@@H](C)[C@H](NC(=O)Nc1cccc(Br)c1)C(=O)OC. The van der Waals surface area contributed by atoms with Crippen LogP contribution in [0.5, 0.6) is 0 Å². The van der Waals surface area contributed by atoms with Crippen LogP contribution in [-0.2, 0) is 9.53 Å². The molecule has 2 amide bonds. The van der Waals surface area contributed by atoms with Gasteiger partial charge in [-0.3, -0.25) is 0 Å². The largest absolute Gasteiger partial charge is 0.467 e. The molecular formula is C14H19BrN2O3. The highest BCUT2D eigenvalue weighted by molar-refractivity contribution is 9.10. The summed E-state index contributed by atoms with van der Waals surface area (Å²) in [6, 6.07) is 6.12. The van der Waals surface area contributed by atoms with E-state index in [2.05, 4.69) is 26.6 Å². The summed E-state index contributed by atoms with van der Waals surface area (Å²) in [5.74, 6) is -0.445. The van der Waals surface area contributed by atoms with Crippen molar-refractivity contribution in [1.29, 1.82) is 0 Å². The number of anilines is 1. The number of urea groups is 1. The molecule has 0 aromatic heterocycles. The number of ether oxygens (including phenoxy) is 1. The van der Waals surface area contributed by atoms with E-state index in [4.69, 9.17) is 4.74 Å². The summed E-state index contributed by atoms with van der Waals surface area (Å²) in [5, 5.41) is 5.33. The van der Waals surface area contributed by atoms with E-state index in [9.17, 15) is 9.59 Å². The molecule has 1 rings (SSSR count). The first-order valence-electron chi connectivity index (χ1n) is 6.38. The van der Waals surface area contributed by atoms with E-state index in [1.807, 2.05) is 26.0 Å². The summed E-state index contributed by atoms with van der Waals surface area (Å²) in [6.45, 7) is 3.84. The Morgan fingerprint density at radius 1 is 1.40 bits per heavy atom. The molecule has 110 valence electrons. The van der Waals surface area contributed by atoms with Crippen molar-refractivity contribution in [1.82, 2.24) is 5.32 Å². The van der Waals surface area contributed by atoms with E-state index in [0.717, 1.165) is 10.9 Å². The maximum absolute atomic E-state index is 11.9. The predicted octanol–water partition coefficient (Wildman–Crippen LogP) is 3.16. The van der Waals surface area contributed by atoms with Crippen LogP contribution in [-0.4, -0.2) is 25.2 Å². The second kappa shape index (κ2) is 7.89. The van der Waals surface area contributed by atoms with Gasteiger partial charge in [-0.15, -0.1) is 0 Å². The first-order chi connectivity index (χ1) is 9.47. The lowest BCUT2D eigenvalue weighted by atomic mass is 9.99. The van der Waals surface area contributed by atoms with E-state index in [0.29, 0.717) is 5.69 Å². The van der Waals surface area contributed by atoms with Crippen LogP contribution in [0.15, 0.2) is 28.7 Å². The number of carbonyl (C=O) groups is 2. The van der Waals surface area contributed by atoms with Crippen molar-refractivity contribution in [3.8, 4) is 0 Å². The summed E-state index contributed by atoms with van der Waals surface area (Å²) in [5.41, 5.74) is 0.643. The van der Waals surface area contributed by atoms with Crippen molar-refractivity contribution in [2.45, 2.75) is 26.3 Å². The van der Waals surface area contributed by atoms with Crippen LogP contribution in [0, 0.1) is 5.92 Å². The van der Waals surface area contributed by atoms with Gasteiger partial charge in [-0.05, 0) is 24.1 Å². The van der Waals surface area contributed by atoms with E-state index < -0.39 is 18.0 Å². The molecule has 5 nitrogen and oxygen atoms in total. The lowest BCUT2D eigenvalue weighted by Gasteiger charge is -2.22. The topological polar surface area (TPSA) is 67.4 Å². The fourth-order valence-electron chi connectivity index (χ4n) is 1.67. The molecule has 0 radical (unpaired) electrons. The van der Waals surface area contributed by atoms with Crippen molar-refractivity contribution in [3.05, 3.63) is 28.7 Å². The number of benzene rings is 1. The van der Waals surface area contributed by atoms with Gasteiger partial charge in [0, 0.05) is 10.2 Å². The summed E-state index contributed by atoms with van der Waals surface area (Å²) in [6.07, 6.45) is 0.761. The third-order valence-electron chi connectivity index (χ3n) is 3.04. The minimum atomic E-state index is -0.655. The summed E-state index contributed by atoms with van der Waals surface area (Å²) < 4.78 is 5.58. The van der Waals surface area contributed by atoms with Crippen LogP contribution in [0.2, 0.25) is 0 Å². The third-order valence-corrected chi connectivity index (χ3v) is 3.53. The Bertz CT molecular complexity index is 479. The second-order valence-electron chi connectivity index (χ2n) is 4.50. The standard InChI is InChI=1S/C14H19BrN2O3/c1-4-9(2)12(13(18)20-3)17-14(19)16-11-7-5-6-10(15)8-11/h5-9,12H,4H2,1-3H3,(H2,16,17,19)/t9-,12+/m1/s1. The first kappa shape index (κ1) is 16.5. The van der Waals surface area contributed by atoms with Crippen LogP contribution in [0.3, 0.4) is 0 Å². The van der Waals surface area contributed by atoms with Crippen molar-refractivity contribution in [2.75, 3.05) is 12.4 Å². The molecule has 0 aliphatic rings. The van der Waals surface area contributed by atoms with Gasteiger partial charge in [-0.2, -0.15) is 0 Å². The molecule has 0 aliphatic carbocycles. The molecule has 0 spiro atoms. The molecular weight excluding hydrogens is 324 g/mol. The van der Waals surface area contributed by atoms with Gasteiger partial charge in [-0.1, -0.05) is 42.3 Å². The number of rotatable bonds is 5. The van der Waals surface area contributed by atoms with Gasteiger partial charge in [0.05, 0.1) is 7.11 Å². The van der Waals surface area contributed by atoms with Gasteiger partial charge in [0.1, 0.15) is 6.04 Å². The number of nitrogens with one attached hydrogen (secondary N) is 2. The number of amides is 2. The molecule has 6 heteroatoms. The molecule has 0 bridgehead atoms. The maximum atomic E-state index is 11.9. The van der Waals surface area contributed by atoms with Crippen molar-refractivity contribution in [3.63, 3.8) is 0 Å². The Labute approximate surface area is 127 Å². The van der Waals surface area contributed by atoms with E-state index >= 15 is 0 Å². The van der Waals surface area contributed by atoms with Crippen LogP contribution < -0.4 is 10.6 Å². The molecule has 0 fully saturated rings. The molecule has 20 heavy (non-hydrogen) atoms. The predicted molar refractivity (Wildman–Crippen MR) is 81.6 cm³/mol. The minimum absolute atomic E-state index is 0.00397. The monoisotopic (exact) mass is 342 g/mol. The normalized spacial score (nSPS) is 13.2. The molecule has 2 N–H and O–H groups in total. The Hall–Kier alpha value is -1.56. The van der Waals surface area contributed by atoms with Crippen LogP contribution in [0.1, 0.15) is 20.3 Å². The highest BCUT2D eigenvalue weighted by Crippen LogP contribution is 2.16. The number of hydrogen-bond acceptors (Lipinski definition) is 3. The van der Waals surface area contributed by atoms with Gasteiger partial charge in [0.15, 0.2) is 0 Å². The van der Waals surface area contributed by atoms with Gasteiger partial charge in [-0.25, -0.2) is 9.59 Å². The van der Waals surface area contributed by atoms with E-state index in [-0.39, 0.29) is 5.92 Å². The average Bonchev–Trinajstić information content (AvgIpc) is 2.43. The molecule has 1 aromatic rings. The average molecular weight is 343 g/mol. The van der Waals surface area contributed by atoms with Gasteiger partial charge < -0.3 is 15.4 Å². The molecule has 0 aliphatic heterocycles. The molecule has 0 heterocycles. The zero-order valence-electron chi connectivity index (χ0n) is 11.8. The van der Waals surface area contributed by atoms with E-state index in [1.165, 1.54) is 7.11 Å². The lowest BCUT2D eigenvalue weighted by Crippen LogP contribution is -2.47.